The molecule has 0 saturated heterocycles. The lowest BCUT2D eigenvalue weighted by molar-refractivity contribution is 0.409. The van der Waals surface area contributed by atoms with Crippen molar-refractivity contribution in [1.82, 2.24) is 15.0 Å². The van der Waals surface area contributed by atoms with Crippen LogP contribution in [0.1, 0.15) is 5.56 Å². The minimum absolute atomic E-state index is 0.402. The molecule has 0 bridgehead atoms. The molecule has 2 aromatic heterocycles. The molecule has 6 heteroatoms. The fourth-order valence-electron chi connectivity index (χ4n) is 1.51. The Morgan fingerprint density at radius 3 is 2.78 bits per heavy atom. The van der Waals surface area contributed by atoms with Gasteiger partial charge in [0, 0.05) is 24.5 Å². The van der Waals surface area contributed by atoms with E-state index in [9.17, 15) is 4.39 Å². The molecule has 0 aliphatic heterocycles. The molecular weight excluding hydrogens is 235 g/mol. The highest BCUT2D eigenvalue weighted by molar-refractivity contribution is 5.31. The first-order valence-corrected chi connectivity index (χ1v) is 5.48. The predicted molar refractivity (Wildman–Crippen MR) is 65.0 cm³/mol. The Hall–Kier alpha value is -2.24. The fourth-order valence-corrected chi connectivity index (χ4v) is 1.51. The first-order valence-electron chi connectivity index (χ1n) is 5.48. The van der Waals surface area contributed by atoms with Crippen molar-refractivity contribution in [3.05, 3.63) is 42.2 Å². The molecule has 0 saturated carbocycles. The number of nitrogens with one attached hydrogen (secondary N) is 1. The average Bonchev–Trinajstić information content (AvgIpc) is 2.41. The van der Waals surface area contributed by atoms with E-state index >= 15 is 0 Å². The molecule has 0 unspecified atom stereocenters. The standard InChI is InChI=1S/C12H13FN4O/c1-18-11-3-4-14-6-9(11)2-5-15-12-16-7-10(13)8-17-12/h3-4,6-8H,2,5H2,1H3,(H,15,16,17). The summed E-state index contributed by atoms with van der Waals surface area (Å²) in [6, 6.07) is 1.81. The Bertz CT molecular complexity index is 504. The lowest BCUT2D eigenvalue weighted by Crippen LogP contribution is -2.08. The van der Waals surface area contributed by atoms with E-state index in [2.05, 4.69) is 20.3 Å². The van der Waals surface area contributed by atoms with Crippen LogP contribution >= 0.6 is 0 Å². The molecule has 18 heavy (non-hydrogen) atoms. The summed E-state index contributed by atoms with van der Waals surface area (Å²) in [5.41, 5.74) is 0.995. The molecular formula is C12H13FN4O. The van der Waals surface area contributed by atoms with E-state index in [0.29, 0.717) is 12.5 Å². The molecule has 0 radical (unpaired) electrons. The second-order valence-electron chi connectivity index (χ2n) is 3.59. The maximum absolute atomic E-state index is 12.6. The molecule has 0 atom stereocenters. The molecule has 0 aliphatic rings. The third kappa shape index (κ3) is 3.13. The number of aromatic nitrogens is 3. The summed E-state index contributed by atoms with van der Waals surface area (Å²) in [6.07, 6.45) is 6.41. The van der Waals surface area contributed by atoms with Crippen LogP contribution in [-0.2, 0) is 6.42 Å². The number of nitrogens with zero attached hydrogens (tertiary/aromatic N) is 3. The van der Waals surface area contributed by atoms with E-state index in [1.807, 2.05) is 6.07 Å². The summed E-state index contributed by atoms with van der Waals surface area (Å²) in [7, 11) is 1.62. The highest BCUT2D eigenvalue weighted by Gasteiger charge is 2.02. The van der Waals surface area contributed by atoms with Crippen LogP contribution in [0.4, 0.5) is 10.3 Å². The fraction of sp³-hybridized carbons (Fsp3) is 0.250. The Balaban J connectivity index is 1.90. The third-order valence-electron chi connectivity index (χ3n) is 2.38. The number of hydrogen-bond donors (Lipinski definition) is 1. The Kier molecular flexibility index (Phi) is 4.01. The van der Waals surface area contributed by atoms with Crippen molar-refractivity contribution < 1.29 is 9.13 Å². The van der Waals surface area contributed by atoms with Crippen LogP contribution in [-0.4, -0.2) is 28.6 Å². The van der Waals surface area contributed by atoms with Crippen LogP contribution in [0.25, 0.3) is 0 Å². The van der Waals surface area contributed by atoms with Gasteiger partial charge >= 0.3 is 0 Å². The molecule has 2 heterocycles. The third-order valence-corrected chi connectivity index (χ3v) is 2.38. The van der Waals surface area contributed by atoms with E-state index in [1.54, 1.807) is 19.5 Å². The van der Waals surface area contributed by atoms with E-state index in [-0.39, 0.29) is 0 Å². The first-order chi connectivity index (χ1) is 8.79. The lowest BCUT2D eigenvalue weighted by Gasteiger charge is -2.08. The van der Waals surface area contributed by atoms with Crippen LogP contribution in [0.2, 0.25) is 0 Å². The van der Waals surface area contributed by atoms with Crippen LogP contribution in [0.15, 0.2) is 30.9 Å². The van der Waals surface area contributed by atoms with Crippen LogP contribution in [0, 0.1) is 5.82 Å². The van der Waals surface area contributed by atoms with E-state index in [4.69, 9.17) is 4.74 Å². The van der Waals surface area contributed by atoms with Gasteiger partial charge in [0.15, 0.2) is 5.82 Å². The SMILES string of the molecule is COc1ccncc1CCNc1ncc(F)cn1. The summed E-state index contributed by atoms with van der Waals surface area (Å²) in [4.78, 5) is 11.7. The Morgan fingerprint density at radius 1 is 1.28 bits per heavy atom. The quantitative estimate of drug-likeness (QED) is 0.872. The van der Waals surface area contributed by atoms with E-state index in [0.717, 1.165) is 30.1 Å². The summed E-state index contributed by atoms with van der Waals surface area (Å²) >= 11 is 0. The second-order valence-corrected chi connectivity index (χ2v) is 3.59. The lowest BCUT2D eigenvalue weighted by atomic mass is 10.2. The van der Waals surface area contributed by atoms with Crippen molar-refractivity contribution >= 4 is 5.95 Å². The van der Waals surface area contributed by atoms with Crippen molar-refractivity contribution in [1.29, 1.82) is 0 Å². The molecule has 2 rings (SSSR count). The number of hydrogen-bond acceptors (Lipinski definition) is 5. The number of rotatable bonds is 5. The highest BCUT2D eigenvalue weighted by atomic mass is 19.1. The summed E-state index contributed by atoms with van der Waals surface area (Å²) in [6.45, 7) is 0.619. The topological polar surface area (TPSA) is 59.9 Å². The summed E-state index contributed by atoms with van der Waals surface area (Å²) < 4.78 is 17.8. The van der Waals surface area contributed by atoms with Gasteiger partial charge < -0.3 is 10.1 Å². The molecule has 2 aromatic rings. The number of methoxy groups -OCH3 is 1. The van der Waals surface area contributed by atoms with Crippen molar-refractivity contribution in [2.24, 2.45) is 0 Å². The van der Waals surface area contributed by atoms with Crippen molar-refractivity contribution in [3.8, 4) is 5.75 Å². The highest BCUT2D eigenvalue weighted by Crippen LogP contribution is 2.16. The molecule has 1 N–H and O–H groups in total. The van der Waals surface area contributed by atoms with Crippen LogP contribution in [0.3, 0.4) is 0 Å². The smallest absolute Gasteiger partial charge is 0.222 e. The normalized spacial score (nSPS) is 10.1. The predicted octanol–water partition coefficient (Wildman–Crippen LogP) is 1.67. The number of pyridine rings is 1. The average molecular weight is 248 g/mol. The summed E-state index contributed by atoms with van der Waals surface area (Å²) in [5.74, 6) is 0.751. The first kappa shape index (κ1) is 12.2. The van der Waals surface area contributed by atoms with Gasteiger partial charge in [0.1, 0.15) is 5.75 Å². The van der Waals surface area contributed by atoms with Crippen molar-refractivity contribution in [2.75, 3.05) is 19.0 Å². The van der Waals surface area contributed by atoms with Gasteiger partial charge in [-0.3, -0.25) is 4.98 Å². The van der Waals surface area contributed by atoms with Crippen molar-refractivity contribution in [3.63, 3.8) is 0 Å². The molecule has 0 fully saturated rings. The minimum atomic E-state index is -0.450. The van der Waals surface area contributed by atoms with Crippen LogP contribution < -0.4 is 10.1 Å². The number of ether oxygens (including phenoxy) is 1. The Labute approximate surface area is 104 Å². The number of halogens is 1. The molecule has 0 aromatic carbocycles. The molecule has 5 nitrogen and oxygen atoms in total. The summed E-state index contributed by atoms with van der Waals surface area (Å²) in [5, 5.41) is 3.00. The van der Waals surface area contributed by atoms with Gasteiger partial charge in [-0.25, -0.2) is 14.4 Å². The van der Waals surface area contributed by atoms with Gasteiger partial charge in [-0.15, -0.1) is 0 Å². The van der Waals surface area contributed by atoms with Gasteiger partial charge in [0.25, 0.3) is 0 Å². The maximum Gasteiger partial charge on any atom is 0.222 e. The maximum atomic E-state index is 12.6. The van der Waals surface area contributed by atoms with Gasteiger partial charge in [-0.2, -0.15) is 0 Å². The Morgan fingerprint density at radius 2 is 2.06 bits per heavy atom. The molecule has 94 valence electrons. The molecule has 0 aliphatic carbocycles. The van der Waals surface area contributed by atoms with Crippen molar-refractivity contribution in [2.45, 2.75) is 6.42 Å². The zero-order valence-electron chi connectivity index (χ0n) is 9.93. The molecule has 0 spiro atoms. The van der Waals surface area contributed by atoms with Gasteiger partial charge in [0.2, 0.25) is 5.95 Å². The van der Waals surface area contributed by atoms with Gasteiger partial charge in [0.05, 0.1) is 19.5 Å². The zero-order chi connectivity index (χ0) is 12.8. The van der Waals surface area contributed by atoms with Crippen LogP contribution in [0.5, 0.6) is 5.75 Å². The largest absolute Gasteiger partial charge is 0.496 e. The van der Waals surface area contributed by atoms with E-state index in [1.165, 1.54) is 0 Å². The zero-order valence-corrected chi connectivity index (χ0v) is 9.93. The minimum Gasteiger partial charge on any atom is -0.496 e. The van der Waals surface area contributed by atoms with Gasteiger partial charge in [-0.05, 0) is 12.5 Å². The number of anilines is 1. The molecule has 0 amide bonds. The van der Waals surface area contributed by atoms with Gasteiger partial charge in [-0.1, -0.05) is 0 Å². The second kappa shape index (κ2) is 5.90. The van der Waals surface area contributed by atoms with E-state index < -0.39 is 5.82 Å². The monoisotopic (exact) mass is 248 g/mol.